The summed E-state index contributed by atoms with van der Waals surface area (Å²) >= 11 is 0. The molecule has 1 heterocycles. The van der Waals surface area contributed by atoms with Crippen molar-refractivity contribution in [2.75, 3.05) is 13.2 Å². The molecule has 19 heavy (non-hydrogen) atoms. The molecule has 0 spiro atoms. The van der Waals surface area contributed by atoms with Crippen LogP contribution < -0.4 is 5.32 Å². The number of benzene rings is 1. The van der Waals surface area contributed by atoms with Crippen LogP contribution in [-0.4, -0.2) is 30.0 Å². The molecule has 0 bridgehead atoms. The fourth-order valence-electron chi connectivity index (χ4n) is 2.22. The molecule has 0 amide bonds. The largest absolute Gasteiger partial charge is 0.386 e. The lowest BCUT2D eigenvalue weighted by Crippen LogP contribution is -2.45. The summed E-state index contributed by atoms with van der Waals surface area (Å²) in [5.74, 6) is -0.500. The highest BCUT2D eigenvalue weighted by Crippen LogP contribution is 2.24. The number of halogens is 1. The third kappa shape index (κ3) is 2.92. The van der Waals surface area contributed by atoms with Crippen molar-refractivity contribution in [3.8, 4) is 6.07 Å². The van der Waals surface area contributed by atoms with Crippen LogP contribution in [0.25, 0.3) is 0 Å². The van der Waals surface area contributed by atoms with Crippen LogP contribution in [-0.2, 0) is 11.3 Å². The fourth-order valence-corrected chi connectivity index (χ4v) is 2.22. The first-order chi connectivity index (χ1) is 9.07. The minimum Gasteiger partial charge on any atom is -0.386 e. The molecule has 1 aliphatic heterocycles. The second-order valence-corrected chi connectivity index (χ2v) is 4.86. The van der Waals surface area contributed by atoms with Crippen molar-refractivity contribution >= 4 is 0 Å². The number of nitrogens with one attached hydrogen (secondary N) is 1. The van der Waals surface area contributed by atoms with E-state index in [4.69, 9.17) is 10.00 Å². The second kappa shape index (κ2) is 5.66. The van der Waals surface area contributed by atoms with Crippen molar-refractivity contribution in [3.05, 3.63) is 35.1 Å². The molecule has 2 unspecified atom stereocenters. The summed E-state index contributed by atoms with van der Waals surface area (Å²) in [5, 5.41) is 22.1. The number of hydrogen-bond acceptors (Lipinski definition) is 4. The molecule has 1 aromatic rings. The van der Waals surface area contributed by atoms with Crippen molar-refractivity contribution in [2.45, 2.75) is 31.6 Å². The molecule has 1 aliphatic rings. The van der Waals surface area contributed by atoms with Gasteiger partial charge >= 0.3 is 0 Å². The minimum absolute atomic E-state index is 0.0376. The Morgan fingerprint density at radius 3 is 3.05 bits per heavy atom. The molecule has 2 rings (SSSR count). The van der Waals surface area contributed by atoms with E-state index in [1.807, 2.05) is 13.0 Å². The zero-order valence-electron chi connectivity index (χ0n) is 10.8. The van der Waals surface area contributed by atoms with Gasteiger partial charge in [-0.3, -0.25) is 0 Å². The summed E-state index contributed by atoms with van der Waals surface area (Å²) in [6.45, 7) is 2.98. The molecule has 0 aromatic heterocycles. The van der Waals surface area contributed by atoms with Gasteiger partial charge in [-0.1, -0.05) is 12.1 Å². The second-order valence-electron chi connectivity index (χ2n) is 4.86. The summed E-state index contributed by atoms with van der Waals surface area (Å²) < 4.78 is 19.1. The molecule has 0 radical (unpaired) electrons. The lowest BCUT2D eigenvalue weighted by molar-refractivity contribution is -0.0263. The highest BCUT2D eigenvalue weighted by molar-refractivity contribution is 5.34. The number of ether oxygens (including phenoxy) is 1. The van der Waals surface area contributed by atoms with Crippen LogP contribution in [0.2, 0.25) is 0 Å². The predicted molar refractivity (Wildman–Crippen MR) is 67.8 cm³/mol. The van der Waals surface area contributed by atoms with Gasteiger partial charge in [-0.15, -0.1) is 0 Å². The first kappa shape index (κ1) is 13.9. The molecular weight excluding hydrogens is 247 g/mol. The Morgan fingerprint density at radius 1 is 1.63 bits per heavy atom. The Balaban J connectivity index is 1.95. The lowest BCUT2D eigenvalue weighted by Gasteiger charge is -2.26. The van der Waals surface area contributed by atoms with Crippen LogP contribution in [0.3, 0.4) is 0 Å². The van der Waals surface area contributed by atoms with E-state index < -0.39 is 11.4 Å². The van der Waals surface area contributed by atoms with Gasteiger partial charge in [0.05, 0.1) is 11.7 Å². The Bertz CT molecular complexity index is 501. The van der Waals surface area contributed by atoms with Gasteiger partial charge in [0.25, 0.3) is 0 Å². The van der Waals surface area contributed by atoms with Gasteiger partial charge in [0.2, 0.25) is 0 Å². The summed E-state index contributed by atoms with van der Waals surface area (Å²) in [6.07, 6.45) is 0.345. The van der Waals surface area contributed by atoms with Gasteiger partial charge < -0.3 is 15.2 Å². The number of aliphatic hydroxyl groups is 1. The van der Waals surface area contributed by atoms with Crippen molar-refractivity contribution in [3.63, 3.8) is 0 Å². The maximum atomic E-state index is 13.8. The Labute approximate surface area is 111 Å². The van der Waals surface area contributed by atoms with E-state index in [2.05, 4.69) is 5.32 Å². The molecule has 1 saturated heterocycles. The van der Waals surface area contributed by atoms with Gasteiger partial charge in [0.1, 0.15) is 17.5 Å². The monoisotopic (exact) mass is 264 g/mol. The van der Waals surface area contributed by atoms with Crippen LogP contribution >= 0.6 is 0 Å². The molecular formula is C14H17FN2O2. The lowest BCUT2D eigenvalue weighted by atomic mass is 9.96. The SMILES string of the molecule is CC1OCCC1(O)CNCc1cccc(C#N)c1F. The summed E-state index contributed by atoms with van der Waals surface area (Å²) in [5.41, 5.74) is -0.437. The Hall–Kier alpha value is -1.48. The van der Waals surface area contributed by atoms with Gasteiger partial charge in [0.15, 0.2) is 0 Å². The van der Waals surface area contributed by atoms with Gasteiger partial charge in [-0.05, 0) is 13.0 Å². The van der Waals surface area contributed by atoms with E-state index in [1.165, 1.54) is 6.07 Å². The highest BCUT2D eigenvalue weighted by atomic mass is 19.1. The van der Waals surface area contributed by atoms with Crippen molar-refractivity contribution in [2.24, 2.45) is 0 Å². The normalized spacial score (nSPS) is 26.3. The topological polar surface area (TPSA) is 65.3 Å². The van der Waals surface area contributed by atoms with Crippen LogP contribution in [0.5, 0.6) is 0 Å². The van der Waals surface area contributed by atoms with Gasteiger partial charge in [-0.25, -0.2) is 4.39 Å². The van der Waals surface area contributed by atoms with Crippen molar-refractivity contribution in [1.29, 1.82) is 5.26 Å². The van der Waals surface area contributed by atoms with Gasteiger partial charge in [-0.2, -0.15) is 5.26 Å². The maximum Gasteiger partial charge on any atom is 0.145 e. The van der Waals surface area contributed by atoms with E-state index in [1.54, 1.807) is 12.1 Å². The number of nitriles is 1. The molecule has 102 valence electrons. The van der Waals surface area contributed by atoms with Crippen LogP contribution in [0.4, 0.5) is 4.39 Å². The van der Waals surface area contributed by atoms with Gasteiger partial charge in [0, 0.05) is 31.7 Å². The third-order valence-electron chi connectivity index (χ3n) is 3.61. The molecule has 2 N–H and O–H groups in total. The zero-order chi connectivity index (χ0) is 13.9. The van der Waals surface area contributed by atoms with Crippen LogP contribution in [0.1, 0.15) is 24.5 Å². The Kier molecular flexibility index (Phi) is 4.15. The van der Waals surface area contributed by atoms with Crippen LogP contribution in [0, 0.1) is 17.1 Å². The molecule has 0 saturated carbocycles. The standard InChI is InChI=1S/C14H17FN2O2/c1-10-14(18,5-6-19-10)9-17-8-12-4-2-3-11(7-16)13(12)15/h2-4,10,17-18H,5-6,8-9H2,1H3. The third-order valence-corrected chi connectivity index (χ3v) is 3.61. The average Bonchev–Trinajstić information content (AvgIpc) is 2.72. The van der Waals surface area contributed by atoms with E-state index in [-0.39, 0.29) is 18.2 Å². The number of nitrogens with zero attached hydrogens (tertiary/aromatic N) is 1. The van der Waals surface area contributed by atoms with E-state index in [9.17, 15) is 9.50 Å². The minimum atomic E-state index is -0.899. The molecule has 1 fully saturated rings. The molecule has 2 atom stereocenters. The number of rotatable bonds is 4. The van der Waals surface area contributed by atoms with Crippen molar-refractivity contribution < 1.29 is 14.2 Å². The van der Waals surface area contributed by atoms with Crippen LogP contribution in [0.15, 0.2) is 18.2 Å². The van der Waals surface area contributed by atoms with E-state index in [0.29, 0.717) is 25.1 Å². The molecule has 4 nitrogen and oxygen atoms in total. The average molecular weight is 264 g/mol. The smallest absolute Gasteiger partial charge is 0.145 e. The predicted octanol–water partition coefficient (Wildman–Crippen LogP) is 1.33. The number of hydrogen-bond donors (Lipinski definition) is 2. The van der Waals surface area contributed by atoms with E-state index in [0.717, 1.165) is 0 Å². The van der Waals surface area contributed by atoms with Crippen molar-refractivity contribution in [1.82, 2.24) is 5.32 Å². The van der Waals surface area contributed by atoms with E-state index >= 15 is 0 Å². The Morgan fingerprint density at radius 2 is 2.42 bits per heavy atom. The highest BCUT2D eigenvalue weighted by Gasteiger charge is 2.38. The first-order valence-electron chi connectivity index (χ1n) is 6.29. The maximum absolute atomic E-state index is 13.8. The summed E-state index contributed by atoms with van der Waals surface area (Å²) in [4.78, 5) is 0. The summed E-state index contributed by atoms with van der Waals surface area (Å²) in [6, 6.07) is 6.53. The first-order valence-corrected chi connectivity index (χ1v) is 6.29. The molecule has 1 aromatic carbocycles. The summed E-state index contributed by atoms with van der Waals surface area (Å²) in [7, 11) is 0. The molecule has 5 heteroatoms. The fraction of sp³-hybridized carbons (Fsp3) is 0.500. The molecule has 0 aliphatic carbocycles. The zero-order valence-corrected chi connectivity index (χ0v) is 10.8. The quantitative estimate of drug-likeness (QED) is 0.861.